The number of non-ortho nitro benzene ring substituents is 1. The molecule has 0 bridgehead atoms. The van der Waals surface area contributed by atoms with Crippen LogP contribution in [0.2, 0.25) is 0 Å². The number of ketones is 1. The molecule has 0 saturated heterocycles. The van der Waals surface area contributed by atoms with Crippen molar-refractivity contribution in [3.05, 3.63) is 33.9 Å². The fourth-order valence-electron chi connectivity index (χ4n) is 1.10. The highest BCUT2D eigenvalue weighted by molar-refractivity contribution is 6.30. The zero-order valence-corrected chi connectivity index (χ0v) is 8.65. The number of nitrogens with zero attached hydrogens (tertiary/aromatic N) is 1. The van der Waals surface area contributed by atoms with E-state index in [1.807, 2.05) is 0 Å². The van der Waals surface area contributed by atoms with E-state index in [4.69, 9.17) is 16.3 Å². The van der Waals surface area contributed by atoms with Crippen molar-refractivity contribution in [3.8, 4) is 5.75 Å². The molecule has 0 heterocycles. The van der Waals surface area contributed by atoms with E-state index >= 15 is 0 Å². The molecule has 1 aromatic carbocycles. The van der Waals surface area contributed by atoms with Crippen molar-refractivity contribution in [2.75, 3.05) is 13.0 Å². The van der Waals surface area contributed by atoms with Crippen LogP contribution in [0, 0.1) is 10.1 Å². The molecule has 0 saturated carbocycles. The fourth-order valence-corrected chi connectivity index (χ4v) is 1.24. The molecule has 5 nitrogen and oxygen atoms in total. The van der Waals surface area contributed by atoms with Crippen LogP contribution in [-0.2, 0) is 0 Å². The maximum Gasteiger partial charge on any atom is 0.273 e. The van der Waals surface area contributed by atoms with E-state index in [0.29, 0.717) is 0 Å². The summed E-state index contributed by atoms with van der Waals surface area (Å²) in [6.45, 7) is 0. The maximum atomic E-state index is 11.3. The third kappa shape index (κ3) is 2.44. The molecule has 0 amide bonds. The van der Waals surface area contributed by atoms with Crippen LogP contribution in [-0.4, -0.2) is 23.7 Å². The number of ether oxygens (including phenoxy) is 1. The van der Waals surface area contributed by atoms with Crippen molar-refractivity contribution in [1.82, 2.24) is 0 Å². The molecule has 0 atom stereocenters. The standard InChI is InChI=1S/C9H8ClNO4/c1-15-9-4-6(11(13)14)2-3-7(9)8(12)5-10/h2-4H,5H2,1H3. The van der Waals surface area contributed by atoms with Crippen molar-refractivity contribution >= 4 is 23.1 Å². The van der Waals surface area contributed by atoms with Gasteiger partial charge in [-0.3, -0.25) is 14.9 Å². The first-order chi connectivity index (χ1) is 7.10. The minimum absolute atomic E-state index is 0.127. The second-order valence-electron chi connectivity index (χ2n) is 2.70. The van der Waals surface area contributed by atoms with Gasteiger partial charge in [-0.2, -0.15) is 0 Å². The average molecular weight is 230 g/mol. The van der Waals surface area contributed by atoms with Gasteiger partial charge < -0.3 is 4.74 Å². The number of hydrogen-bond acceptors (Lipinski definition) is 4. The highest BCUT2D eigenvalue weighted by atomic mass is 35.5. The summed E-state index contributed by atoms with van der Waals surface area (Å²) in [6, 6.07) is 3.77. The monoisotopic (exact) mass is 229 g/mol. The van der Waals surface area contributed by atoms with E-state index in [2.05, 4.69) is 0 Å². The molecule has 0 radical (unpaired) electrons. The Morgan fingerprint density at radius 3 is 2.73 bits per heavy atom. The van der Waals surface area contributed by atoms with Gasteiger partial charge in [-0.15, -0.1) is 11.6 Å². The van der Waals surface area contributed by atoms with E-state index in [0.717, 1.165) is 0 Å². The summed E-state index contributed by atoms with van der Waals surface area (Å²) in [5, 5.41) is 10.5. The molecule has 0 fully saturated rings. The number of rotatable bonds is 4. The molecule has 15 heavy (non-hydrogen) atoms. The summed E-state index contributed by atoms with van der Waals surface area (Å²) < 4.78 is 4.88. The van der Waals surface area contributed by atoms with Gasteiger partial charge in [0.2, 0.25) is 0 Å². The van der Waals surface area contributed by atoms with E-state index in [-0.39, 0.29) is 28.7 Å². The van der Waals surface area contributed by atoms with Crippen LogP contribution in [0.25, 0.3) is 0 Å². The average Bonchev–Trinajstić information content (AvgIpc) is 2.27. The Morgan fingerprint density at radius 1 is 1.60 bits per heavy atom. The number of nitro groups is 1. The van der Waals surface area contributed by atoms with E-state index < -0.39 is 4.92 Å². The Labute approximate surface area is 90.8 Å². The van der Waals surface area contributed by atoms with Crippen LogP contribution in [0.3, 0.4) is 0 Å². The van der Waals surface area contributed by atoms with Gasteiger partial charge in [0.15, 0.2) is 5.78 Å². The molecular weight excluding hydrogens is 222 g/mol. The van der Waals surface area contributed by atoms with Crippen molar-refractivity contribution in [3.63, 3.8) is 0 Å². The molecular formula is C9H8ClNO4. The second-order valence-corrected chi connectivity index (χ2v) is 2.97. The number of carbonyl (C=O) groups excluding carboxylic acids is 1. The number of carbonyl (C=O) groups is 1. The minimum atomic E-state index is -0.558. The van der Waals surface area contributed by atoms with Crippen LogP contribution in [0.15, 0.2) is 18.2 Å². The minimum Gasteiger partial charge on any atom is -0.496 e. The quantitative estimate of drug-likeness (QED) is 0.343. The Kier molecular flexibility index (Phi) is 3.62. The van der Waals surface area contributed by atoms with E-state index in [1.165, 1.54) is 25.3 Å². The topological polar surface area (TPSA) is 69.4 Å². The van der Waals surface area contributed by atoms with E-state index in [1.54, 1.807) is 0 Å². The van der Waals surface area contributed by atoms with Crippen LogP contribution in [0.5, 0.6) is 5.75 Å². The normalized spacial score (nSPS) is 9.73. The zero-order chi connectivity index (χ0) is 11.4. The lowest BCUT2D eigenvalue weighted by molar-refractivity contribution is -0.384. The number of hydrogen-bond donors (Lipinski definition) is 0. The first-order valence-electron chi connectivity index (χ1n) is 4.01. The molecule has 0 N–H and O–H groups in total. The van der Waals surface area contributed by atoms with Crippen molar-refractivity contribution in [2.24, 2.45) is 0 Å². The predicted octanol–water partition coefficient (Wildman–Crippen LogP) is 2.02. The van der Waals surface area contributed by atoms with Crippen LogP contribution >= 0.6 is 11.6 Å². The van der Waals surface area contributed by atoms with Crippen molar-refractivity contribution in [1.29, 1.82) is 0 Å². The van der Waals surface area contributed by atoms with Gasteiger partial charge in [-0.05, 0) is 6.07 Å². The van der Waals surface area contributed by atoms with Crippen LogP contribution < -0.4 is 4.74 Å². The number of methoxy groups -OCH3 is 1. The molecule has 0 aliphatic rings. The lowest BCUT2D eigenvalue weighted by Crippen LogP contribution is -2.03. The number of alkyl halides is 1. The second kappa shape index (κ2) is 4.75. The van der Waals surface area contributed by atoms with Crippen LogP contribution in [0.1, 0.15) is 10.4 Å². The number of nitro benzene ring substituents is 1. The van der Waals surface area contributed by atoms with E-state index in [9.17, 15) is 14.9 Å². The summed E-state index contributed by atoms with van der Waals surface area (Å²) in [5.41, 5.74) is 0.121. The molecule has 1 aromatic rings. The Balaban J connectivity index is 3.20. The first kappa shape index (κ1) is 11.5. The van der Waals surface area contributed by atoms with Gasteiger partial charge in [0.25, 0.3) is 5.69 Å². The fraction of sp³-hybridized carbons (Fsp3) is 0.222. The molecule has 0 spiro atoms. The molecule has 0 aliphatic carbocycles. The molecule has 0 aliphatic heterocycles. The molecule has 0 unspecified atom stereocenters. The largest absolute Gasteiger partial charge is 0.496 e. The highest BCUT2D eigenvalue weighted by Gasteiger charge is 2.15. The number of benzene rings is 1. The summed E-state index contributed by atoms with van der Waals surface area (Å²) in [6.07, 6.45) is 0. The van der Waals surface area contributed by atoms with Gasteiger partial charge in [-0.25, -0.2) is 0 Å². The SMILES string of the molecule is COc1cc([N+](=O)[O-])ccc1C(=O)CCl. The van der Waals surface area contributed by atoms with Gasteiger partial charge in [0, 0.05) is 6.07 Å². The molecule has 80 valence electrons. The Hall–Kier alpha value is -1.62. The number of Topliss-reactive ketones (excluding diaryl/α,β-unsaturated/α-hetero) is 1. The molecule has 1 rings (SSSR count). The maximum absolute atomic E-state index is 11.3. The smallest absolute Gasteiger partial charge is 0.273 e. The highest BCUT2D eigenvalue weighted by Crippen LogP contribution is 2.25. The number of halogens is 1. The lowest BCUT2D eigenvalue weighted by Gasteiger charge is -2.05. The third-order valence-corrected chi connectivity index (χ3v) is 2.06. The molecule has 6 heteroatoms. The summed E-state index contributed by atoms with van der Waals surface area (Å²) in [4.78, 5) is 21.2. The third-order valence-electron chi connectivity index (χ3n) is 1.82. The summed E-state index contributed by atoms with van der Waals surface area (Å²) in [5.74, 6) is -0.355. The predicted molar refractivity (Wildman–Crippen MR) is 54.7 cm³/mol. The van der Waals surface area contributed by atoms with Crippen LogP contribution in [0.4, 0.5) is 5.69 Å². The van der Waals surface area contributed by atoms with Gasteiger partial charge >= 0.3 is 0 Å². The summed E-state index contributed by atoms with van der Waals surface area (Å²) >= 11 is 5.38. The zero-order valence-electron chi connectivity index (χ0n) is 7.90. The van der Waals surface area contributed by atoms with Gasteiger partial charge in [0.1, 0.15) is 5.75 Å². The lowest BCUT2D eigenvalue weighted by atomic mass is 10.1. The Bertz CT molecular complexity index is 405. The molecule has 0 aromatic heterocycles. The van der Waals surface area contributed by atoms with Gasteiger partial charge in [0.05, 0.1) is 29.5 Å². The summed E-state index contributed by atoms with van der Waals surface area (Å²) in [7, 11) is 1.34. The Morgan fingerprint density at radius 2 is 2.27 bits per heavy atom. The van der Waals surface area contributed by atoms with Gasteiger partial charge in [-0.1, -0.05) is 0 Å². The van der Waals surface area contributed by atoms with Crippen molar-refractivity contribution in [2.45, 2.75) is 0 Å². The first-order valence-corrected chi connectivity index (χ1v) is 4.55. The van der Waals surface area contributed by atoms with Crippen molar-refractivity contribution < 1.29 is 14.5 Å².